The van der Waals surface area contributed by atoms with Gasteiger partial charge in [-0.2, -0.15) is 4.98 Å². The summed E-state index contributed by atoms with van der Waals surface area (Å²) >= 11 is 0. The summed E-state index contributed by atoms with van der Waals surface area (Å²) in [4.78, 5) is 40.6. The van der Waals surface area contributed by atoms with Crippen LogP contribution in [-0.4, -0.2) is 51.5 Å². The molecule has 9 heteroatoms. The Balaban J connectivity index is 1.79. The fraction of sp³-hybridized carbons (Fsp3) is 0.643. The Bertz CT molecular complexity index is 622. The summed E-state index contributed by atoms with van der Waals surface area (Å²) in [5.41, 5.74) is -0.978. The summed E-state index contributed by atoms with van der Waals surface area (Å²) in [5, 5.41) is 8.97. The maximum atomic E-state index is 12.0. The zero-order valence-electron chi connectivity index (χ0n) is 13.7. The fourth-order valence-electron chi connectivity index (χ4n) is 2.07. The molecule has 0 atom stereocenters. The van der Waals surface area contributed by atoms with Gasteiger partial charge in [0.25, 0.3) is 5.91 Å². The molecule has 0 radical (unpaired) electrons. The third kappa shape index (κ3) is 3.85. The van der Waals surface area contributed by atoms with Crippen LogP contribution in [-0.2, 0) is 16.0 Å². The number of aromatic nitrogens is 2. The van der Waals surface area contributed by atoms with Gasteiger partial charge in [-0.25, -0.2) is 4.79 Å². The van der Waals surface area contributed by atoms with E-state index >= 15 is 0 Å². The van der Waals surface area contributed by atoms with Gasteiger partial charge in [-0.1, -0.05) is 19.0 Å². The number of hydrogen-bond acceptors (Lipinski definition) is 6. The first-order valence-electron chi connectivity index (χ1n) is 7.44. The Labute approximate surface area is 133 Å². The zero-order chi connectivity index (χ0) is 17.2. The molecule has 126 valence electrons. The van der Waals surface area contributed by atoms with Crippen LogP contribution in [0.2, 0.25) is 0 Å². The quantitative estimate of drug-likeness (QED) is 0.721. The molecule has 1 aliphatic rings. The highest BCUT2D eigenvalue weighted by Gasteiger charge is 2.44. The number of urea groups is 1. The van der Waals surface area contributed by atoms with Crippen molar-refractivity contribution in [3.05, 3.63) is 11.7 Å². The third-order valence-corrected chi connectivity index (χ3v) is 3.41. The van der Waals surface area contributed by atoms with E-state index in [0.717, 1.165) is 4.90 Å². The van der Waals surface area contributed by atoms with Crippen LogP contribution in [0.3, 0.4) is 0 Å². The van der Waals surface area contributed by atoms with E-state index in [0.29, 0.717) is 18.1 Å². The first-order chi connectivity index (χ1) is 10.7. The topological polar surface area (TPSA) is 117 Å². The van der Waals surface area contributed by atoms with Crippen LogP contribution in [0.1, 0.15) is 45.3 Å². The van der Waals surface area contributed by atoms with Gasteiger partial charge in [-0.3, -0.25) is 14.5 Å². The average Bonchev–Trinajstić information content (AvgIpc) is 2.98. The second-order valence-electron chi connectivity index (χ2n) is 6.25. The molecule has 0 aromatic carbocycles. The number of nitrogens with one attached hydrogen (secondary N) is 2. The Morgan fingerprint density at radius 1 is 1.39 bits per heavy atom. The highest BCUT2D eigenvalue weighted by Crippen LogP contribution is 2.15. The predicted molar refractivity (Wildman–Crippen MR) is 79.4 cm³/mol. The van der Waals surface area contributed by atoms with Gasteiger partial charge in [0, 0.05) is 18.9 Å². The fourth-order valence-corrected chi connectivity index (χ4v) is 2.07. The van der Waals surface area contributed by atoms with Gasteiger partial charge in [0.15, 0.2) is 5.82 Å². The van der Waals surface area contributed by atoms with Gasteiger partial charge in [-0.05, 0) is 13.8 Å². The molecule has 2 N–H and O–H groups in total. The van der Waals surface area contributed by atoms with Crippen molar-refractivity contribution in [3.8, 4) is 0 Å². The van der Waals surface area contributed by atoms with Gasteiger partial charge in [0.05, 0.1) is 0 Å². The predicted octanol–water partition coefficient (Wildman–Crippen LogP) is 0.182. The number of rotatable bonds is 6. The molecule has 1 fully saturated rings. The number of nitrogens with zero attached hydrogens (tertiary/aromatic N) is 3. The highest BCUT2D eigenvalue weighted by atomic mass is 16.5. The van der Waals surface area contributed by atoms with E-state index in [-0.39, 0.29) is 19.0 Å². The van der Waals surface area contributed by atoms with E-state index in [1.165, 1.54) is 0 Å². The molecule has 1 aromatic rings. The molecule has 0 bridgehead atoms. The molecular formula is C14H21N5O4. The Morgan fingerprint density at radius 3 is 2.61 bits per heavy atom. The molecular weight excluding hydrogens is 302 g/mol. The summed E-state index contributed by atoms with van der Waals surface area (Å²) in [6.07, 6.45) is 0.386. The summed E-state index contributed by atoms with van der Waals surface area (Å²) in [6.45, 7) is 7.06. The van der Waals surface area contributed by atoms with Crippen molar-refractivity contribution < 1.29 is 18.9 Å². The van der Waals surface area contributed by atoms with Crippen molar-refractivity contribution in [2.45, 2.75) is 45.6 Å². The second kappa shape index (κ2) is 6.35. The molecule has 0 unspecified atom stereocenters. The molecule has 1 aromatic heterocycles. The van der Waals surface area contributed by atoms with Gasteiger partial charge in [0.1, 0.15) is 12.1 Å². The van der Waals surface area contributed by atoms with Crippen LogP contribution in [0.4, 0.5) is 4.79 Å². The summed E-state index contributed by atoms with van der Waals surface area (Å²) < 4.78 is 5.06. The van der Waals surface area contributed by atoms with Gasteiger partial charge in [0.2, 0.25) is 11.8 Å². The standard InChI is InChI=1S/C14H21N5O4/c1-8(2)11-16-10(23-18-11)5-6-15-9(20)7-19-12(21)14(3,4)17-13(19)22/h8H,5-7H2,1-4H3,(H,15,20)(H,17,22). The number of amides is 4. The number of carbonyl (C=O) groups excluding carboxylic acids is 3. The van der Waals surface area contributed by atoms with E-state index in [1.807, 2.05) is 13.8 Å². The van der Waals surface area contributed by atoms with Crippen molar-refractivity contribution in [1.29, 1.82) is 0 Å². The SMILES string of the molecule is CC(C)c1noc(CCNC(=O)CN2C(=O)NC(C)(C)C2=O)n1. The van der Waals surface area contributed by atoms with Crippen molar-refractivity contribution in [1.82, 2.24) is 25.7 Å². The molecule has 1 saturated heterocycles. The van der Waals surface area contributed by atoms with Crippen molar-refractivity contribution in [2.24, 2.45) is 0 Å². The lowest BCUT2D eigenvalue weighted by Gasteiger charge is -2.15. The highest BCUT2D eigenvalue weighted by molar-refractivity contribution is 6.08. The molecule has 23 heavy (non-hydrogen) atoms. The van der Waals surface area contributed by atoms with E-state index in [9.17, 15) is 14.4 Å². The number of carbonyl (C=O) groups is 3. The van der Waals surface area contributed by atoms with Crippen molar-refractivity contribution in [3.63, 3.8) is 0 Å². The van der Waals surface area contributed by atoms with Crippen LogP contribution in [0.5, 0.6) is 0 Å². The lowest BCUT2D eigenvalue weighted by atomic mass is 10.1. The van der Waals surface area contributed by atoms with Crippen molar-refractivity contribution in [2.75, 3.05) is 13.1 Å². The van der Waals surface area contributed by atoms with Gasteiger partial charge < -0.3 is 15.2 Å². The Morgan fingerprint density at radius 2 is 2.09 bits per heavy atom. The van der Waals surface area contributed by atoms with E-state index < -0.39 is 23.4 Å². The van der Waals surface area contributed by atoms with Crippen LogP contribution in [0, 0.1) is 0 Å². The largest absolute Gasteiger partial charge is 0.354 e. The molecule has 4 amide bonds. The lowest BCUT2D eigenvalue weighted by molar-refractivity contribution is -0.134. The molecule has 0 saturated carbocycles. The molecule has 2 heterocycles. The minimum Gasteiger partial charge on any atom is -0.354 e. The summed E-state index contributed by atoms with van der Waals surface area (Å²) in [5.74, 6) is 0.383. The smallest absolute Gasteiger partial charge is 0.325 e. The lowest BCUT2D eigenvalue weighted by Crippen LogP contribution is -2.43. The van der Waals surface area contributed by atoms with Crippen molar-refractivity contribution >= 4 is 17.8 Å². The molecule has 0 aliphatic carbocycles. The molecule has 0 spiro atoms. The summed E-state index contributed by atoms with van der Waals surface area (Å²) in [7, 11) is 0. The van der Waals surface area contributed by atoms with E-state index in [2.05, 4.69) is 20.8 Å². The van der Waals surface area contributed by atoms with Gasteiger partial charge >= 0.3 is 6.03 Å². The van der Waals surface area contributed by atoms with E-state index in [4.69, 9.17) is 4.52 Å². The monoisotopic (exact) mass is 323 g/mol. The maximum Gasteiger partial charge on any atom is 0.325 e. The third-order valence-electron chi connectivity index (χ3n) is 3.41. The van der Waals surface area contributed by atoms with Crippen LogP contribution in [0.25, 0.3) is 0 Å². The van der Waals surface area contributed by atoms with Gasteiger partial charge in [-0.15, -0.1) is 0 Å². The zero-order valence-corrected chi connectivity index (χ0v) is 13.7. The number of hydrogen-bond donors (Lipinski definition) is 2. The normalized spacial score (nSPS) is 16.8. The first kappa shape index (κ1) is 16.9. The Hall–Kier alpha value is -2.45. The molecule has 2 rings (SSSR count). The molecule has 9 nitrogen and oxygen atoms in total. The second-order valence-corrected chi connectivity index (χ2v) is 6.25. The average molecular weight is 323 g/mol. The van der Waals surface area contributed by atoms with Crippen LogP contribution < -0.4 is 10.6 Å². The minimum absolute atomic E-state index is 0.171. The first-order valence-corrected chi connectivity index (χ1v) is 7.44. The molecule has 1 aliphatic heterocycles. The maximum absolute atomic E-state index is 12.0. The van der Waals surface area contributed by atoms with Crippen LogP contribution in [0.15, 0.2) is 4.52 Å². The van der Waals surface area contributed by atoms with Crippen LogP contribution >= 0.6 is 0 Å². The summed E-state index contributed by atoms with van der Waals surface area (Å²) in [6, 6.07) is -0.561. The Kier molecular flexibility index (Phi) is 4.67. The number of imide groups is 1. The van der Waals surface area contributed by atoms with E-state index in [1.54, 1.807) is 13.8 Å². The minimum atomic E-state index is -0.978.